The van der Waals surface area contributed by atoms with Gasteiger partial charge in [-0.15, -0.1) is 12.4 Å². The number of nitrogens with zero attached hydrogens (tertiary/aromatic N) is 1. The van der Waals surface area contributed by atoms with E-state index in [0.29, 0.717) is 18.2 Å². The molecule has 0 atom stereocenters. The smallest absolute Gasteiger partial charge is 0.273 e. The summed E-state index contributed by atoms with van der Waals surface area (Å²) in [6, 6.07) is 1.79. The van der Waals surface area contributed by atoms with Crippen LogP contribution in [-0.4, -0.2) is 30.7 Å². The Labute approximate surface area is 125 Å². The predicted molar refractivity (Wildman–Crippen MR) is 78.3 cm³/mol. The Morgan fingerprint density at radius 2 is 2.20 bits per heavy atom. The van der Waals surface area contributed by atoms with Crippen LogP contribution in [-0.2, 0) is 0 Å². The van der Waals surface area contributed by atoms with E-state index < -0.39 is 0 Å². The van der Waals surface area contributed by atoms with Crippen LogP contribution < -0.4 is 10.6 Å². The van der Waals surface area contributed by atoms with E-state index in [4.69, 9.17) is 4.52 Å². The Bertz CT molecular complexity index is 465. The second kappa shape index (κ2) is 6.14. The first kappa shape index (κ1) is 15.3. The average molecular weight is 300 g/mol. The lowest BCUT2D eigenvalue weighted by molar-refractivity contribution is 0.0913. The summed E-state index contributed by atoms with van der Waals surface area (Å²) in [5.41, 5.74) is 0.615. The van der Waals surface area contributed by atoms with Crippen molar-refractivity contribution in [1.29, 1.82) is 0 Å². The van der Waals surface area contributed by atoms with Crippen molar-refractivity contribution in [2.45, 2.75) is 38.5 Å². The molecule has 2 N–H and O–H groups in total. The van der Waals surface area contributed by atoms with Crippen LogP contribution in [0.15, 0.2) is 10.6 Å². The molecule has 1 saturated heterocycles. The molecule has 1 aliphatic heterocycles. The third-order valence-electron chi connectivity index (χ3n) is 4.23. The zero-order chi connectivity index (χ0) is 13.3. The van der Waals surface area contributed by atoms with Gasteiger partial charge in [-0.2, -0.15) is 0 Å². The maximum Gasteiger partial charge on any atom is 0.273 e. The van der Waals surface area contributed by atoms with Crippen LogP contribution in [0.4, 0.5) is 0 Å². The zero-order valence-electron chi connectivity index (χ0n) is 11.8. The Morgan fingerprint density at radius 1 is 1.50 bits per heavy atom. The molecule has 2 aliphatic rings. The van der Waals surface area contributed by atoms with E-state index in [-0.39, 0.29) is 23.7 Å². The first-order valence-electron chi connectivity index (χ1n) is 7.12. The molecular formula is C14H22ClN3O2. The topological polar surface area (TPSA) is 67.2 Å². The molecule has 0 radical (unpaired) electrons. The molecule has 1 aromatic heterocycles. The van der Waals surface area contributed by atoms with Crippen molar-refractivity contribution in [3.63, 3.8) is 0 Å². The van der Waals surface area contributed by atoms with Gasteiger partial charge in [0.1, 0.15) is 5.76 Å². The minimum Gasteiger partial charge on any atom is -0.360 e. The normalized spacial score (nSPS) is 21.1. The Balaban J connectivity index is 0.00000147. The number of aromatic nitrogens is 1. The minimum absolute atomic E-state index is 0. The molecular weight excluding hydrogens is 278 g/mol. The molecule has 6 heteroatoms. The molecule has 3 rings (SSSR count). The van der Waals surface area contributed by atoms with Crippen LogP contribution in [0.1, 0.15) is 54.8 Å². The van der Waals surface area contributed by atoms with Gasteiger partial charge in [0.25, 0.3) is 5.91 Å². The fourth-order valence-corrected chi connectivity index (χ4v) is 2.55. The number of piperidine rings is 1. The average Bonchev–Trinajstić information content (AvgIpc) is 3.15. The molecule has 2 heterocycles. The van der Waals surface area contributed by atoms with Crippen molar-refractivity contribution in [3.8, 4) is 0 Å². The number of amides is 1. The highest BCUT2D eigenvalue weighted by Gasteiger charge is 2.30. The molecule has 0 unspecified atom stereocenters. The van der Waals surface area contributed by atoms with E-state index >= 15 is 0 Å². The maximum atomic E-state index is 12.0. The largest absolute Gasteiger partial charge is 0.360 e. The third kappa shape index (κ3) is 3.52. The van der Waals surface area contributed by atoms with Gasteiger partial charge in [-0.25, -0.2) is 0 Å². The lowest BCUT2D eigenvalue weighted by Crippen LogP contribution is -2.42. The van der Waals surface area contributed by atoms with E-state index in [0.717, 1.165) is 44.5 Å². The number of nitrogens with one attached hydrogen (secondary N) is 2. The lowest BCUT2D eigenvalue weighted by atomic mass is 9.81. The van der Waals surface area contributed by atoms with E-state index in [1.165, 1.54) is 0 Å². The summed E-state index contributed by atoms with van der Waals surface area (Å²) in [5, 5.41) is 10.2. The molecule has 1 saturated carbocycles. The molecule has 0 aromatic carbocycles. The number of carbonyl (C=O) groups excluding carboxylic acids is 1. The SMILES string of the molecule is CC1(CNC(=O)c2cc(C3CC3)on2)CCNCC1.Cl. The minimum atomic E-state index is -0.115. The van der Waals surface area contributed by atoms with Crippen molar-refractivity contribution >= 4 is 18.3 Å². The van der Waals surface area contributed by atoms with Gasteiger partial charge in [0.15, 0.2) is 5.69 Å². The summed E-state index contributed by atoms with van der Waals surface area (Å²) < 4.78 is 5.21. The van der Waals surface area contributed by atoms with Crippen molar-refractivity contribution < 1.29 is 9.32 Å². The fraction of sp³-hybridized carbons (Fsp3) is 0.714. The van der Waals surface area contributed by atoms with Gasteiger partial charge in [0.05, 0.1) is 0 Å². The standard InChI is InChI=1S/C14H21N3O2.ClH/c1-14(4-6-15-7-5-14)9-16-13(18)11-8-12(19-17-11)10-2-3-10;/h8,10,15H,2-7,9H2,1H3,(H,16,18);1H. The molecule has 112 valence electrons. The van der Waals surface area contributed by atoms with Crippen LogP contribution >= 0.6 is 12.4 Å². The molecule has 0 spiro atoms. The van der Waals surface area contributed by atoms with Crippen LogP contribution in [0.5, 0.6) is 0 Å². The monoisotopic (exact) mass is 299 g/mol. The molecule has 1 aliphatic carbocycles. The highest BCUT2D eigenvalue weighted by Crippen LogP contribution is 2.40. The number of hydrogen-bond acceptors (Lipinski definition) is 4. The van der Waals surface area contributed by atoms with Gasteiger partial charge in [-0.1, -0.05) is 12.1 Å². The number of carbonyl (C=O) groups is 1. The number of rotatable bonds is 4. The summed E-state index contributed by atoms with van der Waals surface area (Å²) in [7, 11) is 0. The third-order valence-corrected chi connectivity index (χ3v) is 4.23. The van der Waals surface area contributed by atoms with Gasteiger partial charge in [-0.3, -0.25) is 4.79 Å². The van der Waals surface area contributed by atoms with E-state index in [1.807, 2.05) is 0 Å². The Kier molecular flexibility index (Phi) is 4.70. The highest BCUT2D eigenvalue weighted by atomic mass is 35.5. The number of halogens is 1. The van der Waals surface area contributed by atoms with Crippen molar-refractivity contribution in [2.75, 3.05) is 19.6 Å². The lowest BCUT2D eigenvalue weighted by Gasteiger charge is -2.33. The zero-order valence-corrected chi connectivity index (χ0v) is 12.6. The highest BCUT2D eigenvalue weighted by molar-refractivity contribution is 5.92. The molecule has 20 heavy (non-hydrogen) atoms. The summed E-state index contributed by atoms with van der Waals surface area (Å²) in [6.07, 6.45) is 4.50. The van der Waals surface area contributed by atoms with Crippen LogP contribution in [0.2, 0.25) is 0 Å². The Hall–Kier alpha value is -1.07. The van der Waals surface area contributed by atoms with Crippen molar-refractivity contribution in [2.24, 2.45) is 5.41 Å². The van der Waals surface area contributed by atoms with Gasteiger partial charge < -0.3 is 15.2 Å². The van der Waals surface area contributed by atoms with Gasteiger partial charge in [-0.05, 0) is 44.2 Å². The number of hydrogen-bond donors (Lipinski definition) is 2. The van der Waals surface area contributed by atoms with Gasteiger partial charge in [0, 0.05) is 18.5 Å². The second-order valence-electron chi connectivity index (χ2n) is 6.13. The Morgan fingerprint density at radius 3 is 2.85 bits per heavy atom. The quantitative estimate of drug-likeness (QED) is 0.893. The molecule has 1 aromatic rings. The van der Waals surface area contributed by atoms with Crippen molar-refractivity contribution in [3.05, 3.63) is 17.5 Å². The summed E-state index contributed by atoms with van der Waals surface area (Å²) in [6.45, 7) is 5.00. The predicted octanol–water partition coefficient (Wildman–Crippen LogP) is 2.09. The van der Waals surface area contributed by atoms with Gasteiger partial charge in [0.2, 0.25) is 0 Å². The molecule has 0 bridgehead atoms. The van der Waals surface area contributed by atoms with Crippen LogP contribution in [0.3, 0.4) is 0 Å². The van der Waals surface area contributed by atoms with Crippen LogP contribution in [0.25, 0.3) is 0 Å². The summed E-state index contributed by atoms with van der Waals surface area (Å²) >= 11 is 0. The fourth-order valence-electron chi connectivity index (χ4n) is 2.55. The second-order valence-corrected chi connectivity index (χ2v) is 6.13. The van der Waals surface area contributed by atoms with E-state index in [9.17, 15) is 4.79 Å². The molecule has 1 amide bonds. The summed E-state index contributed by atoms with van der Waals surface area (Å²) in [4.78, 5) is 12.0. The molecule has 5 nitrogen and oxygen atoms in total. The van der Waals surface area contributed by atoms with Crippen molar-refractivity contribution in [1.82, 2.24) is 15.8 Å². The first-order chi connectivity index (χ1) is 9.16. The first-order valence-corrected chi connectivity index (χ1v) is 7.12. The summed E-state index contributed by atoms with van der Waals surface area (Å²) in [5.74, 6) is 1.24. The van der Waals surface area contributed by atoms with E-state index in [1.54, 1.807) is 6.07 Å². The van der Waals surface area contributed by atoms with E-state index in [2.05, 4.69) is 22.7 Å². The van der Waals surface area contributed by atoms with Crippen LogP contribution in [0, 0.1) is 5.41 Å². The maximum absolute atomic E-state index is 12.0. The molecule has 2 fully saturated rings. The van der Waals surface area contributed by atoms with Gasteiger partial charge >= 0.3 is 0 Å².